The second-order valence-corrected chi connectivity index (χ2v) is 7.37. The Balaban J connectivity index is 2.77. The summed E-state index contributed by atoms with van der Waals surface area (Å²) in [6.07, 6.45) is 0.174. The molecule has 0 bridgehead atoms. The number of hydrogen-bond donors (Lipinski definition) is 3. The van der Waals surface area contributed by atoms with E-state index in [4.69, 9.17) is 9.47 Å². The molecule has 0 aliphatic rings. The molecule has 0 unspecified atom stereocenters. The van der Waals surface area contributed by atoms with E-state index in [1.807, 2.05) is 0 Å². The number of benzene rings is 1. The van der Waals surface area contributed by atoms with Crippen molar-refractivity contribution in [3.8, 4) is 0 Å². The van der Waals surface area contributed by atoms with Crippen molar-refractivity contribution in [1.29, 1.82) is 0 Å². The molecule has 0 aliphatic carbocycles. The summed E-state index contributed by atoms with van der Waals surface area (Å²) < 4.78 is 37.0. The van der Waals surface area contributed by atoms with Gasteiger partial charge in [-0.15, -0.1) is 0 Å². The van der Waals surface area contributed by atoms with Gasteiger partial charge in [0.15, 0.2) is 0 Å². The van der Waals surface area contributed by atoms with Crippen LogP contribution in [0.15, 0.2) is 23.2 Å². The van der Waals surface area contributed by atoms with E-state index in [2.05, 4.69) is 21.2 Å². The summed E-state index contributed by atoms with van der Waals surface area (Å²) in [5.74, 6) is -2.04. The van der Waals surface area contributed by atoms with Crippen LogP contribution in [0.3, 0.4) is 0 Å². The largest absolute Gasteiger partial charge is 0.444 e. The van der Waals surface area contributed by atoms with Crippen LogP contribution < -0.4 is 16.2 Å². The molecule has 156 valence electrons. The smallest absolute Gasteiger partial charge is 0.408 e. The third kappa shape index (κ3) is 7.47. The molecule has 1 aromatic carbocycles. The Kier molecular flexibility index (Phi) is 7.86. The number of rotatable bonds is 7. The van der Waals surface area contributed by atoms with Crippen molar-refractivity contribution in [2.45, 2.75) is 51.9 Å². The van der Waals surface area contributed by atoms with Crippen LogP contribution in [0.1, 0.15) is 34.6 Å². The minimum absolute atomic E-state index is 0.248. The van der Waals surface area contributed by atoms with Gasteiger partial charge in [-0.25, -0.2) is 18.6 Å². The molecular formula is C18H26F2N4O4. The molecule has 28 heavy (non-hydrogen) atoms. The number of carbonyl (C=O) groups is 2. The van der Waals surface area contributed by atoms with E-state index in [1.165, 1.54) is 7.11 Å². The first-order chi connectivity index (χ1) is 12.9. The zero-order chi connectivity index (χ0) is 21.5. The van der Waals surface area contributed by atoms with Crippen molar-refractivity contribution in [3.05, 3.63) is 29.8 Å². The third-order valence-electron chi connectivity index (χ3n) is 3.52. The molecule has 0 radical (unpaired) electrons. The van der Waals surface area contributed by atoms with Crippen LogP contribution in [0.5, 0.6) is 0 Å². The van der Waals surface area contributed by atoms with Crippen LogP contribution in [0, 0.1) is 11.6 Å². The van der Waals surface area contributed by atoms with Gasteiger partial charge in [0, 0.05) is 13.2 Å². The first kappa shape index (κ1) is 23.3. The lowest BCUT2D eigenvalue weighted by atomic mass is 9.98. The van der Waals surface area contributed by atoms with Crippen LogP contribution in [-0.2, 0) is 14.3 Å². The zero-order valence-electron chi connectivity index (χ0n) is 16.7. The van der Waals surface area contributed by atoms with Gasteiger partial charge in [-0.3, -0.25) is 15.6 Å². The average Bonchev–Trinajstić information content (AvgIpc) is 2.57. The number of carbonyl (C=O) groups excluding carboxylic acids is 2. The number of hydrogen-bond acceptors (Lipinski definition) is 5. The number of amides is 2. The number of methoxy groups -OCH3 is 1. The highest BCUT2D eigenvalue weighted by Crippen LogP contribution is 2.18. The van der Waals surface area contributed by atoms with Crippen LogP contribution in [0.25, 0.3) is 0 Å². The predicted molar refractivity (Wildman–Crippen MR) is 100 cm³/mol. The number of aliphatic imine (C=N–C) groups is 1. The SMILES string of the molecule is COC(C)(C)[C@@H](NC(=O)OC(C)(C)C)C(=O)NNC=Nc1cc(F)ccc1F. The number of ether oxygens (including phenoxy) is 2. The van der Waals surface area contributed by atoms with Gasteiger partial charge in [0.25, 0.3) is 5.91 Å². The van der Waals surface area contributed by atoms with E-state index in [-0.39, 0.29) is 5.69 Å². The van der Waals surface area contributed by atoms with Crippen molar-refractivity contribution in [1.82, 2.24) is 16.2 Å². The first-order valence-electron chi connectivity index (χ1n) is 8.43. The van der Waals surface area contributed by atoms with Gasteiger partial charge >= 0.3 is 6.09 Å². The van der Waals surface area contributed by atoms with E-state index in [0.717, 1.165) is 24.5 Å². The van der Waals surface area contributed by atoms with E-state index < -0.39 is 40.9 Å². The van der Waals surface area contributed by atoms with Gasteiger partial charge in [-0.1, -0.05) is 0 Å². The molecule has 10 heteroatoms. The van der Waals surface area contributed by atoms with Crippen LogP contribution >= 0.6 is 0 Å². The Morgan fingerprint density at radius 2 is 1.82 bits per heavy atom. The lowest BCUT2D eigenvalue weighted by Gasteiger charge is -2.33. The lowest BCUT2D eigenvalue weighted by molar-refractivity contribution is -0.131. The second kappa shape index (κ2) is 9.45. The summed E-state index contributed by atoms with van der Waals surface area (Å²) in [4.78, 5) is 28.2. The van der Waals surface area contributed by atoms with Gasteiger partial charge in [-0.2, -0.15) is 0 Å². The number of nitrogens with one attached hydrogen (secondary N) is 3. The Bertz CT molecular complexity index is 733. The van der Waals surface area contributed by atoms with E-state index in [9.17, 15) is 18.4 Å². The van der Waals surface area contributed by atoms with Gasteiger partial charge < -0.3 is 14.8 Å². The normalized spacial score (nSPS) is 13.1. The highest BCUT2D eigenvalue weighted by molar-refractivity contribution is 5.87. The van der Waals surface area contributed by atoms with Crippen LogP contribution in [-0.4, -0.2) is 42.7 Å². The molecule has 3 N–H and O–H groups in total. The van der Waals surface area contributed by atoms with Crippen LogP contribution in [0.4, 0.5) is 19.3 Å². The lowest BCUT2D eigenvalue weighted by Crippen LogP contribution is -2.60. The maximum absolute atomic E-state index is 13.5. The summed E-state index contributed by atoms with van der Waals surface area (Å²) in [6.45, 7) is 8.27. The van der Waals surface area contributed by atoms with Gasteiger partial charge in [0.05, 0.1) is 5.60 Å². The Hall–Kier alpha value is -2.75. The minimum atomic E-state index is -1.13. The van der Waals surface area contributed by atoms with E-state index in [1.54, 1.807) is 34.6 Å². The molecule has 0 aromatic heterocycles. The monoisotopic (exact) mass is 400 g/mol. The topological polar surface area (TPSA) is 101 Å². The molecule has 1 atom stereocenters. The fraction of sp³-hybridized carbons (Fsp3) is 0.500. The highest BCUT2D eigenvalue weighted by Gasteiger charge is 2.37. The third-order valence-corrected chi connectivity index (χ3v) is 3.52. The Morgan fingerprint density at radius 1 is 1.18 bits per heavy atom. The van der Waals surface area contributed by atoms with Crippen molar-refractivity contribution in [2.75, 3.05) is 7.11 Å². The number of hydrazine groups is 1. The van der Waals surface area contributed by atoms with Gasteiger partial charge in [0.1, 0.15) is 35.3 Å². The molecule has 0 heterocycles. The summed E-state index contributed by atoms with van der Waals surface area (Å²) in [7, 11) is 1.39. The molecule has 0 fully saturated rings. The number of alkyl carbamates (subject to hydrolysis) is 1. The summed E-state index contributed by atoms with van der Waals surface area (Å²) in [5.41, 5.74) is 2.57. The molecule has 8 nitrogen and oxygen atoms in total. The average molecular weight is 400 g/mol. The summed E-state index contributed by atoms with van der Waals surface area (Å²) >= 11 is 0. The molecule has 0 aliphatic heterocycles. The number of nitrogens with zero attached hydrogens (tertiary/aromatic N) is 1. The van der Waals surface area contributed by atoms with Crippen molar-refractivity contribution < 1.29 is 27.8 Å². The molecule has 1 rings (SSSR count). The van der Waals surface area contributed by atoms with Crippen molar-refractivity contribution >= 4 is 24.0 Å². The number of halogens is 2. The molecule has 0 spiro atoms. The van der Waals surface area contributed by atoms with Crippen LogP contribution in [0.2, 0.25) is 0 Å². The molecule has 0 saturated carbocycles. The highest BCUT2D eigenvalue weighted by atomic mass is 19.1. The van der Waals surface area contributed by atoms with Gasteiger partial charge in [0.2, 0.25) is 0 Å². The zero-order valence-corrected chi connectivity index (χ0v) is 16.7. The summed E-state index contributed by atoms with van der Waals surface area (Å²) in [5, 5.41) is 2.45. The first-order valence-corrected chi connectivity index (χ1v) is 8.43. The Morgan fingerprint density at radius 3 is 2.39 bits per heavy atom. The molecule has 1 aromatic rings. The second-order valence-electron chi connectivity index (χ2n) is 7.37. The Labute approximate surface area is 162 Å². The summed E-state index contributed by atoms with van der Waals surface area (Å²) in [6, 6.07) is 1.67. The maximum Gasteiger partial charge on any atom is 0.408 e. The fourth-order valence-corrected chi connectivity index (χ4v) is 1.96. The fourth-order valence-electron chi connectivity index (χ4n) is 1.96. The standard InChI is InChI=1S/C18H26F2N4O4/c1-17(2,3)28-16(26)23-14(18(4,5)27-6)15(25)24-22-10-21-13-9-11(19)7-8-12(13)20/h7-10,14H,1-6H3,(H,21,22)(H,23,26)(H,24,25)/t14-/m0/s1. The minimum Gasteiger partial charge on any atom is -0.444 e. The molecule has 2 amide bonds. The van der Waals surface area contributed by atoms with Crippen molar-refractivity contribution in [3.63, 3.8) is 0 Å². The molecule has 0 saturated heterocycles. The molecular weight excluding hydrogens is 374 g/mol. The van der Waals surface area contributed by atoms with E-state index in [0.29, 0.717) is 0 Å². The van der Waals surface area contributed by atoms with E-state index >= 15 is 0 Å². The quantitative estimate of drug-likeness (QED) is 0.371. The predicted octanol–water partition coefficient (Wildman–Crippen LogP) is 2.56. The maximum atomic E-state index is 13.5. The van der Waals surface area contributed by atoms with Gasteiger partial charge in [-0.05, 0) is 46.8 Å². The van der Waals surface area contributed by atoms with Crippen molar-refractivity contribution in [2.24, 2.45) is 4.99 Å².